The number of aryl methyl sites for hydroxylation is 1. The van der Waals surface area contributed by atoms with Crippen LogP contribution in [0.4, 0.5) is 0 Å². The molecule has 3 N–H and O–H groups in total. The molecule has 0 saturated carbocycles. The number of oxime groups is 1. The fourth-order valence-corrected chi connectivity index (χ4v) is 2.01. The SMILES string of the molecule is CCC(C/C(N)=N/O)Oc1ccc(C)cc1Br. The highest BCUT2D eigenvalue weighted by Gasteiger charge is 2.12. The molecule has 94 valence electrons. The van der Waals surface area contributed by atoms with Crippen LogP contribution in [-0.4, -0.2) is 17.1 Å². The van der Waals surface area contributed by atoms with E-state index in [1.807, 2.05) is 32.0 Å². The van der Waals surface area contributed by atoms with Gasteiger partial charge in [0.15, 0.2) is 0 Å². The summed E-state index contributed by atoms with van der Waals surface area (Å²) in [6.45, 7) is 4.01. The van der Waals surface area contributed by atoms with Gasteiger partial charge in [-0.1, -0.05) is 18.1 Å². The smallest absolute Gasteiger partial charge is 0.142 e. The van der Waals surface area contributed by atoms with Gasteiger partial charge >= 0.3 is 0 Å². The zero-order valence-electron chi connectivity index (χ0n) is 9.98. The summed E-state index contributed by atoms with van der Waals surface area (Å²) in [7, 11) is 0. The van der Waals surface area contributed by atoms with Crippen molar-refractivity contribution in [3.63, 3.8) is 0 Å². The first-order valence-electron chi connectivity index (χ1n) is 5.46. The molecule has 0 aliphatic heterocycles. The number of nitrogens with zero attached hydrogens (tertiary/aromatic N) is 1. The summed E-state index contributed by atoms with van der Waals surface area (Å²) >= 11 is 3.45. The highest BCUT2D eigenvalue weighted by atomic mass is 79.9. The van der Waals surface area contributed by atoms with Crippen molar-refractivity contribution in [3.05, 3.63) is 28.2 Å². The minimum absolute atomic E-state index is 0.0927. The molecule has 0 heterocycles. The average Bonchev–Trinajstić information content (AvgIpc) is 2.31. The Labute approximate surface area is 110 Å². The zero-order valence-corrected chi connectivity index (χ0v) is 11.6. The molecule has 0 spiro atoms. The number of nitrogens with two attached hydrogens (primary N) is 1. The molecular weight excluding hydrogens is 284 g/mol. The lowest BCUT2D eigenvalue weighted by Gasteiger charge is -2.18. The normalized spacial score (nSPS) is 13.5. The second-order valence-corrected chi connectivity index (χ2v) is 4.73. The Morgan fingerprint density at radius 3 is 2.82 bits per heavy atom. The monoisotopic (exact) mass is 300 g/mol. The van der Waals surface area contributed by atoms with Gasteiger partial charge in [-0.15, -0.1) is 0 Å². The summed E-state index contributed by atoms with van der Waals surface area (Å²) in [5.74, 6) is 0.952. The van der Waals surface area contributed by atoms with Crippen LogP contribution in [0, 0.1) is 6.92 Å². The molecule has 0 bridgehead atoms. The van der Waals surface area contributed by atoms with Crippen LogP contribution >= 0.6 is 15.9 Å². The van der Waals surface area contributed by atoms with Crippen molar-refractivity contribution in [1.82, 2.24) is 0 Å². The van der Waals surface area contributed by atoms with Gasteiger partial charge in [0, 0.05) is 6.42 Å². The van der Waals surface area contributed by atoms with Crippen LogP contribution < -0.4 is 10.5 Å². The summed E-state index contributed by atoms with van der Waals surface area (Å²) in [4.78, 5) is 0. The summed E-state index contributed by atoms with van der Waals surface area (Å²) in [5.41, 5.74) is 6.63. The van der Waals surface area contributed by atoms with Crippen LogP contribution in [0.3, 0.4) is 0 Å². The number of hydrogen-bond acceptors (Lipinski definition) is 3. The first-order chi connectivity index (χ1) is 8.06. The van der Waals surface area contributed by atoms with Gasteiger partial charge in [0.1, 0.15) is 17.7 Å². The third-order valence-electron chi connectivity index (χ3n) is 2.40. The summed E-state index contributed by atoms with van der Waals surface area (Å²) < 4.78 is 6.72. The number of benzene rings is 1. The van der Waals surface area contributed by atoms with Crippen molar-refractivity contribution in [2.75, 3.05) is 0 Å². The molecule has 0 fully saturated rings. The maximum absolute atomic E-state index is 8.53. The topological polar surface area (TPSA) is 67.8 Å². The fourth-order valence-electron chi connectivity index (χ4n) is 1.42. The predicted octanol–water partition coefficient (Wildman–Crippen LogP) is 3.05. The third-order valence-corrected chi connectivity index (χ3v) is 3.02. The molecule has 1 unspecified atom stereocenters. The predicted molar refractivity (Wildman–Crippen MR) is 71.6 cm³/mol. The van der Waals surface area contributed by atoms with Gasteiger partial charge in [-0.3, -0.25) is 0 Å². The molecule has 17 heavy (non-hydrogen) atoms. The van der Waals surface area contributed by atoms with Crippen molar-refractivity contribution in [3.8, 4) is 5.75 Å². The van der Waals surface area contributed by atoms with Gasteiger partial charge in [0.2, 0.25) is 0 Å². The van der Waals surface area contributed by atoms with E-state index in [2.05, 4.69) is 21.1 Å². The van der Waals surface area contributed by atoms with Crippen molar-refractivity contribution in [1.29, 1.82) is 0 Å². The number of rotatable bonds is 5. The van der Waals surface area contributed by atoms with Crippen LogP contribution in [0.25, 0.3) is 0 Å². The third kappa shape index (κ3) is 4.26. The van der Waals surface area contributed by atoms with Crippen LogP contribution in [-0.2, 0) is 0 Å². The molecule has 1 rings (SSSR count). The van der Waals surface area contributed by atoms with E-state index >= 15 is 0 Å². The fraction of sp³-hybridized carbons (Fsp3) is 0.417. The van der Waals surface area contributed by atoms with Crippen LogP contribution in [0.2, 0.25) is 0 Å². The van der Waals surface area contributed by atoms with E-state index in [1.165, 1.54) is 0 Å². The largest absolute Gasteiger partial charge is 0.489 e. The molecule has 1 atom stereocenters. The van der Waals surface area contributed by atoms with Gasteiger partial charge in [-0.25, -0.2) is 0 Å². The molecule has 4 nitrogen and oxygen atoms in total. The van der Waals surface area contributed by atoms with Crippen LogP contribution in [0.1, 0.15) is 25.3 Å². The maximum atomic E-state index is 8.53. The summed E-state index contributed by atoms with van der Waals surface area (Å²) in [5, 5.41) is 11.5. The molecular formula is C12H17BrN2O2. The standard InChI is InChI=1S/C12H17BrN2O2/c1-3-9(7-12(14)15-16)17-11-5-4-8(2)6-10(11)13/h4-6,9,16H,3,7H2,1-2H3,(H2,14,15). The molecule has 0 radical (unpaired) electrons. The minimum atomic E-state index is -0.0927. The Balaban J connectivity index is 2.73. The second-order valence-electron chi connectivity index (χ2n) is 3.88. The Morgan fingerprint density at radius 2 is 2.29 bits per heavy atom. The molecule has 0 aromatic heterocycles. The van der Waals surface area contributed by atoms with Crippen molar-refractivity contribution in [2.45, 2.75) is 32.8 Å². The maximum Gasteiger partial charge on any atom is 0.142 e. The lowest BCUT2D eigenvalue weighted by atomic mass is 10.2. The Morgan fingerprint density at radius 1 is 1.59 bits per heavy atom. The van der Waals surface area contributed by atoms with Gasteiger partial charge in [-0.05, 0) is 47.0 Å². The summed E-state index contributed by atoms with van der Waals surface area (Å²) in [6, 6.07) is 5.89. The van der Waals surface area contributed by atoms with Gasteiger partial charge in [0.25, 0.3) is 0 Å². The quantitative estimate of drug-likeness (QED) is 0.380. The van der Waals surface area contributed by atoms with Crippen molar-refractivity contribution in [2.24, 2.45) is 10.9 Å². The van der Waals surface area contributed by atoms with Gasteiger partial charge in [-0.2, -0.15) is 0 Å². The Bertz CT molecular complexity index is 407. The van der Waals surface area contributed by atoms with Gasteiger partial charge in [0.05, 0.1) is 4.47 Å². The molecule has 0 aliphatic carbocycles. The highest BCUT2D eigenvalue weighted by Crippen LogP contribution is 2.27. The number of hydrogen-bond donors (Lipinski definition) is 2. The molecule has 5 heteroatoms. The highest BCUT2D eigenvalue weighted by molar-refractivity contribution is 9.10. The Hall–Kier alpha value is -1.23. The van der Waals surface area contributed by atoms with Crippen molar-refractivity contribution < 1.29 is 9.94 Å². The lowest BCUT2D eigenvalue weighted by Crippen LogP contribution is -2.24. The van der Waals surface area contributed by atoms with E-state index in [0.29, 0.717) is 6.42 Å². The zero-order chi connectivity index (χ0) is 12.8. The lowest BCUT2D eigenvalue weighted by molar-refractivity contribution is 0.201. The molecule has 0 amide bonds. The molecule has 1 aromatic rings. The van der Waals surface area contributed by atoms with Crippen LogP contribution in [0.5, 0.6) is 5.75 Å². The molecule has 1 aromatic carbocycles. The molecule has 0 aliphatic rings. The van der Waals surface area contributed by atoms with Crippen molar-refractivity contribution >= 4 is 21.8 Å². The van der Waals surface area contributed by atoms with E-state index in [-0.39, 0.29) is 11.9 Å². The number of halogens is 1. The van der Waals surface area contributed by atoms with Crippen LogP contribution in [0.15, 0.2) is 27.8 Å². The van der Waals surface area contributed by atoms with E-state index in [4.69, 9.17) is 15.7 Å². The van der Waals surface area contributed by atoms with E-state index in [0.717, 1.165) is 22.2 Å². The number of ether oxygens (including phenoxy) is 1. The van der Waals surface area contributed by atoms with Gasteiger partial charge < -0.3 is 15.7 Å². The Kier molecular flexibility index (Phi) is 5.28. The summed E-state index contributed by atoms with van der Waals surface area (Å²) in [6.07, 6.45) is 1.11. The van der Waals surface area contributed by atoms with E-state index in [1.54, 1.807) is 0 Å². The molecule has 0 saturated heterocycles. The van der Waals surface area contributed by atoms with E-state index < -0.39 is 0 Å². The first kappa shape index (κ1) is 13.8. The first-order valence-corrected chi connectivity index (χ1v) is 6.25. The van der Waals surface area contributed by atoms with E-state index in [9.17, 15) is 0 Å². The second kappa shape index (κ2) is 6.49. The average molecular weight is 301 g/mol. The minimum Gasteiger partial charge on any atom is -0.489 e. The number of amidine groups is 1.